The number of thiazole rings is 1. The predicted octanol–water partition coefficient (Wildman–Crippen LogP) is 4.89. The van der Waals surface area contributed by atoms with Crippen molar-refractivity contribution in [1.82, 2.24) is 4.98 Å². The van der Waals surface area contributed by atoms with Crippen LogP contribution >= 0.6 is 22.7 Å². The highest BCUT2D eigenvalue weighted by Crippen LogP contribution is 2.32. The number of anilines is 1. The van der Waals surface area contributed by atoms with Crippen LogP contribution in [0.15, 0.2) is 29.6 Å². The first-order valence-electron chi connectivity index (χ1n) is 7.44. The Kier molecular flexibility index (Phi) is 3.90. The average molecular weight is 362 g/mol. The van der Waals surface area contributed by atoms with Crippen molar-refractivity contribution in [3.63, 3.8) is 0 Å². The van der Waals surface area contributed by atoms with Gasteiger partial charge >= 0.3 is 0 Å². The lowest BCUT2D eigenvalue weighted by Gasteiger charge is -1.99. The van der Waals surface area contributed by atoms with Crippen LogP contribution in [0, 0.1) is 11.6 Å². The largest absolute Gasteiger partial charge is 0.297 e. The SMILES string of the molecule is O=C(Nc1nc(-c2ccc(F)c(F)c2)cs1)c1cc2c(s1)CCC2. The fourth-order valence-electron chi connectivity index (χ4n) is 2.72. The molecule has 2 aromatic heterocycles. The average Bonchev–Trinajstić information content (AvgIpc) is 3.25. The van der Waals surface area contributed by atoms with E-state index in [0.29, 0.717) is 21.3 Å². The molecule has 1 N–H and O–H groups in total. The molecule has 0 unspecified atom stereocenters. The van der Waals surface area contributed by atoms with E-state index in [-0.39, 0.29) is 5.91 Å². The number of hydrogen-bond donors (Lipinski definition) is 1. The number of benzene rings is 1. The van der Waals surface area contributed by atoms with Crippen molar-refractivity contribution in [2.24, 2.45) is 0 Å². The summed E-state index contributed by atoms with van der Waals surface area (Å²) in [5.74, 6) is -1.99. The number of nitrogens with one attached hydrogen (secondary N) is 1. The molecule has 0 saturated heterocycles. The van der Waals surface area contributed by atoms with Gasteiger partial charge in [-0.15, -0.1) is 22.7 Å². The summed E-state index contributed by atoms with van der Waals surface area (Å²) in [5.41, 5.74) is 2.25. The highest BCUT2D eigenvalue weighted by atomic mass is 32.1. The lowest BCUT2D eigenvalue weighted by molar-refractivity contribution is 0.103. The van der Waals surface area contributed by atoms with E-state index in [9.17, 15) is 13.6 Å². The normalized spacial score (nSPS) is 13.1. The molecule has 4 rings (SSSR count). The molecule has 1 aromatic carbocycles. The number of aromatic nitrogens is 1. The van der Waals surface area contributed by atoms with Gasteiger partial charge in [-0.3, -0.25) is 10.1 Å². The van der Waals surface area contributed by atoms with Gasteiger partial charge in [0.25, 0.3) is 5.91 Å². The monoisotopic (exact) mass is 362 g/mol. The third-order valence-electron chi connectivity index (χ3n) is 3.91. The number of nitrogens with zero attached hydrogens (tertiary/aromatic N) is 1. The van der Waals surface area contributed by atoms with Crippen LogP contribution in [0.25, 0.3) is 11.3 Å². The van der Waals surface area contributed by atoms with Crippen molar-refractivity contribution in [3.8, 4) is 11.3 Å². The first-order valence-corrected chi connectivity index (χ1v) is 9.13. The number of carbonyl (C=O) groups is 1. The lowest BCUT2D eigenvalue weighted by Crippen LogP contribution is -2.09. The topological polar surface area (TPSA) is 42.0 Å². The van der Waals surface area contributed by atoms with E-state index in [1.165, 1.54) is 39.2 Å². The van der Waals surface area contributed by atoms with Crippen molar-refractivity contribution >= 4 is 33.7 Å². The Labute approximate surface area is 145 Å². The Morgan fingerprint density at radius 3 is 2.83 bits per heavy atom. The van der Waals surface area contributed by atoms with Gasteiger partial charge in [0.1, 0.15) is 0 Å². The van der Waals surface area contributed by atoms with Crippen LogP contribution in [0.1, 0.15) is 26.5 Å². The second-order valence-corrected chi connectivity index (χ2v) is 7.53. The van der Waals surface area contributed by atoms with E-state index >= 15 is 0 Å². The number of fused-ring (bicyclic) bond motifs is 1. The van der Waals surface area contributed by atoms with E-state index in [2.05, 4.69) is 10.3 Å². The Hall–Kier alpha value is -2.12. The van der Waals surface area contributed by atoms with E-state index < -0.39 is 11.6 Å². The summed E-state index contributed by atoms with van der Waals surface area (Å²) in [5, 5.41) is 4.92. The second-order valence-electron chi connectivity index (χ2n) is 5.53. The number of thiophene rings is 1. The fraction of sp³-hybridized carbons (Fsp3) is 0.176. The minimum atomic E-state index is -0.917. The molecule has 0 aliphatic heterocycles. The third kappa shape index (κ3) is 2.85. The number of amides is 1. The van der Waals surface area contributed by atoms with Crippen molar-refractivity contribution in [1.29, 1.82) is 0 Å². The summed E-state index contributed by atoms with van der Waals surface area (Å²) >= 11 is 2.78. The first-order chi connectivity index (χ1) is 11.6. The summed E-state index contributed by atoms with van der Waals surface area (Å²) in [6, 6.07) is 5.57. The minimum Gasteiger partial charge on any atom is -0.297 e. The Balaban J connectivity index is 1.52. The molecular formula is C17H12F2N2OS2. The lowest BCUT2D eigenvalue weighted by atomic mass is 10.2. The molecule has 0 radical (unpaired) electrons. The van der Waals surface area contributed by atoms with Crippen LogP contribution in [0.4, 0.5) is 13.9 Å². The molecule has 1 amide bonds. The van der Waals surface area contributed by atoms with E-state index in [0.717, 1.165) is 31.4 Å². The van der Waals surface area contributed by atoms with Gasteiger partial charge in [-0.1, -0.05) is 0 Å². The first kappa shape index (κ1) is 15.4. The van der Waals surface area contributed by atoms with Crippen LogP contribution in [0.3, 0.4) is 0 Å². The van der Waals surface area contributed by atoms with Gasteiger partial charge in [0.15, 0.2) is 16.8 Å². The maximum absolute atomic E-state index is 13.3. The Morgan fingerprint density at radius 2 is 2.04 bits per heavy atom. The molecule has 24 heavy (non-hydrogen) atoms. The molecule has 0 fully saturated rings. The van der Waals surface area contributed by atoms with E-state index in [1.807, 2.05) is 6.07 Å². The van der Waals surface area contributed by atoms with Gasteiger partial charge in [-0.25, -0.2) is 13.8 Å². The molecular weight excluding hydrogens is 350 g/mol. The van der Waals surface area contributed by atoms with Crippen molar-refractivity contribution in [2.75, 3.05) is 5.32 Å². The zero-order valence-corrected chi connectivity index (χ0v) is 14.1. The van der Waals surface area contributed by atoms with Gasteiger partial charge in [-0.05, 0) is 49.1 Å². The minimum absolute atomic E-state index is 0.180. The van der Waals surface area contributed by atoms with E-state index in [1.54, 1.807) is 5.38 Å². The maximum atomic E-state index is 13.3. The zero-order chi connectivity index (χ0) is 16.7. The summed E-state index contributed by atoms with van der Waals surface area (Å²) < 4.78 is 26.3. The highest BCUT2D eigenvalue weighted by molar-refractivity contribution is 7.15. The molecule has 0 saturated carbocycles. The van der Waals surface area contributed by atoms with Gasteiger partial charge in [0, 0.05) is 15.8 Å². The van der Waals surface area contributed by atoms with Gasteiger partial charge in [0.05, 0.1) is 10.6 Å². The fourth-order valence-corrected chi connectivity index (χ4v) is 4.58. The van der Waals surface area contributed by atoms with Gasteiger partial charge in [-0.2, -0.15) is 0 Å². The zero-order valence-electron chi connectivity index (χ0n) is 12.4. The number of aryl methyl sites for hydroxylation is 2. The van der Waals surface area contributed by atoms with Gasteiger partial charge in [0.2, 0.25) is 0 Å². The van der Waals surface area contributed by atoms with Crippen LogP contribution in [-0.4, -0.2) is 10.9 Å². The van der Waals surface area contributed by atoms with E-state index in [4.69, 9.17) is 0 Å². The molecule has 122 valence electrons. The molecule has 2 heterocycles. The number of carbonyl (C=O) groups excluding carboxylic acids is 1. The van der Waals surface area contributed by atoms with Crippen LogP contribution < -0.4 is 5.32 Å². The summed E-state index contributed by atoms with van der Waals surface area (Å²) in [7, 11) is 0. The molecule has 0 atom stereocenters. The molecule has 3 aromatic rings. The smallest absolute Gasteiger partial charge is 0.267 e. The third-order valence-corrected chi connectivity index (χ3v) is 5.90. The Morgan fingerprint density at radius 1 is 1.17 bits per heavy atom. The molecule has 0 spiro atoms. The van der Waals surface area contributed by atoms with Crippen LogP contribution in [-0.2, 0) is 12.8 Å². The second kappa shape index (κ2) is 6.07. The molecule has 0 bridgehead atoms. The predicted molar refractivity (Wildman–Crippen MR) is 91.8 cm³/mol. The summed E-state index contributed by atoms with van der Waals surface area (Å²) in [6.07, 6.45) is 3.24. The van der Waals surface area contributed by atoms with Crippen LogP contribution in [0.5, 0.6) is 0 Å². The Bertz CT molecular complexity index is 911. The van der Waals surface area contributed by atoms with Crippen molar-refractivity contribution in [2.45, 2.75) is 19.3 Å². The standard InChI is InChI=1S/C17H12F2N2OS2/c18-11-5-4-9(6-12(11)19)13-8-23-17(20-13)21-16(22)15-7-10-2-1-3-14(10)24-15/h4-8H,1-3H2,(H,20,21,22). The molecule has 1 aliphatic rings. The van der Waals surface area contributed by atoms with Crippen LogP contribution in [0.2, 0.25) is 0 Å². The van der Waals surface area contributed by atoms with Crippen molar-refractivity contribution in [3.05, 3.63) is 56.6 Å². The summed E-state index contributed by atoms with van der Waals surface area (Å²) in [6.45, 7) is 0. The van der Waals surface area contributed by atoms with Gasteiger partial charge < -0.3 is 0 Å². The summed E-state index contributed by atoms with van der Waals surface area (Å²) in [4.78, 5) is 18.6. The molecule has 7 heteroatoms. The molecule has 3 nitrogen and oxygen atoms in total. The maximum Gasteiger partial charge on any atom is 0.267 e. The highest BCUT2D eigenvalue weighted by Gasteiger charge is 2.19. The quantitative estimate of drug-likeness (QED) is 0.721. The number of halogens is 2. The number of rotatable bonds is 3. The number of hydrogen-bond acceptors (Lipinski definition) is 4. The van der Waals surface area contributed by atoms with Crippen molar-refractivity contribution < 1.29 is 13.6 Å². The molecule has 1 aliphatic carbocycles.